The normalized spacial score (nSPS) is 19.2. The third-order valence-electron chi connectivity index (χ3n) is 12.4. The summed E-state index contributed by atoms with van der Waals surface area (Å²) in [6.45, 7) is 4.75. The van der Waals surface area contributed by atoms with Gasteiger partial charge in [-0.25, -0.2) is 0 Å². The highest BCUT2D eigenvalue weighted by Gasteiger charge is 2.40. The van der Waals surface area contributed by atoms with Crippen LogP contribution in [0.15, 0.2) is 156 Å². The third kappa shape index (κ3) is 3.52. The molecule has 0 N–H and O–H groups in total. The number of hydrogen-bond acceptors (Lipinski definition) is 1. The van der Waals surface area contributed by atoms with Crippen molar-refractivity contribution in [3.63, 3.8) is 0 Å². The van der Waals surface area contributed by atoms with Gasteiger partial charge in [0.05, 0.1) is 11.0 Å². The van der Waals surface area contributed by atoms with Gasteiger partial charge in [-0.15, -0.1) is 0 Å². The lowest BCUT2D eigenvalue weighted by Crippen LogP contribution is -2.18. The second-order valence-corrected chi connectivity index (χ2v) is 15.2. The van der Waals surface area contributed by atoms with Gasteiger partial charge in [-0.3, -0.25) is 0 Å². The van der Waals surface area contributed by atoms with Crippen LogP contribution in [0.1, 0.15) is 41.7 Å². The Kier molecular flexibility index (Phi) is 5.19. The lowest BCUT2D eigenvalue weighted by Gasteiger charge is -2.31. The minimum atomic E-state index is -0.137. The fourth-order valence-electron chi connectivity index (χ4n) is 10.0. The van der Waals surface area contributed by atoms with Crippen LogP contribution in [-0.2, 0) is 5.41 Å². The molecule has 8 aromatic rings. The summed E-state index contributed by atoms with van der Waals surface area (Å²) >= 11 is 0. The van der Waals surface area contributed by atoms with E-state index in [2.05, 4.69) is 164 Å². The number of rotatable bonds is 2. The first-order valence-corrected chi connectivity index (χ1v) is 18.1. The standard InChI is InChI=1S/C49H33NO/c1-49(2)42-24-40-33-12-5-7-16-44(33)50(45(40)26-38(42)39-27-47-41(25-43(39)49)34-13-6-8-17-46(34)51-47)29-20-18-28(19-21-29)30-22-23-37-32-11-4-3-10-31(32)36-15-9-14-35(30)48(36)37/h3-27,35,48H,1-2H3. The fraction of sp³-hybridized carbons (Fsp3) is 0.102. The van der Waals surface area contributed by atoms with Crippen molar-refractivity contribution in [1.82, 2.24) is 4.57 Å². The zero-order valence-electron chi connectivity index (χ0n) is 28.4. The first-order valence-electron chi connectivity index (χ1n) is 18.1. The molecule has 2 atom stereocenters. The van der Waals surface area contributed by atoms with Gasteiger partial charge < -0.3 is 8.98 Å². The molecule has 240 valence electrons. The molecule has 0 bridgehead atoms. The number of fused-ring (bicyclic) bond motifs is 12. The van der Waals surface area contributed by atoms with Gasteiger partial charge in [0.1, 0.15) is 11.2 Å². The number of para-hydroxylation sites is 2. The van der Waals surface area contributed by atoms with Gasteiger partial charge in [0.2, 0.25) is 0 Å². The summed E-state index contributed by atoms with van der Waals surface area (Å²) in [6, 6.07) is 45.0. The van der Waals surface area contributed by atoms with Gasteiger partial charge in [-0.1, -0.05) is 117 Å². The monoisotopic (exact) mass is 651 g/mol. The Morgan fingerprint density at radius 3 is 2.02 bits per heavy atom. The van der Waals surface area contributed by atoms with E-state index in [1.54, 1.807) is 0 Å². The van der Waals surface area contributed by atoms with Gasteiger partial charge in [-0.2, -0.15) is 0 Å². The van der Waals surface area contributed by atoms with Crippen molar-refractivity contribution < 1.29 is 4.42 Å². The van der Waals surface area contributed by atoms with Crippen LogP contribution in [0.4, 0.5) is 0 Å². The molecule has 0 aliphatic heterocycles. The maximum atomic E-state index is 6.39. The molecule has 4 aliphatic rings. The van der Waals surface area contributed by atoms with Crippen LogP contribution in [-0.4, -0.2) is 4.57 Å². The van der Waals surface area contributed by atoms with Crippen molar-refractivity contribution in [2.24, 2.45) is 11.8 Å². The molecule has 6 aromatic carbocycles. The van der Waals surface area contributed by atoms with Gasteiger partial charge >= 0.3 is 0 Å². The van der Waals surface area contributed by atoms with E-state index < -0.39 is 0 Å². The topological polar surface area (TPSA) is 18.1 Å². The molecular weight excluding hydrogens is 619 g/mol. The molecule has 0 fully saturated rings. The van der Waals surface area contributed by atoms with E-state index in [9.17, 15) is 0 Å². The third-order valence-corrected chi connectivity index (χ3v) is 12.4. The van der Waals surface area contributed by atoms with Gasteiger partial charge in [0, 0.05) is 44.5 Å². The van der Waals surface area contributed by atoms with Crippen LogP contribution in [0.5, 0.6) is 0 Å². The van der Waals surface area contributed by atoms with Gasteiger partial charge in [-0.05, 0) is 104 Å². The summed E-state index contributed by atoms with van der Waals surface area (Å²) in [4.78, 5) is 0. The van der Waals surface area contributed by atoms with Crippen molar-refractivity contribution in [2.75, 3.05) is 0 Å². The summed E-state index contributed by atoms with van der Waals surface area (Å²) in [5.41, 5.74) is 19.1. The average Bonchev–Trinajstić information content (AvgIpc) is 3.87. The van der Waals surface area contributed by atoms with Crippen LogP contribution in [0.3, 0.4) is 0 Å². The molecule has 0 saturated carbocycles. The minimum absolute atomic E-state index is 0.137. The number of furan rings is 1. The number of aromatic nitrogens is 1. The largest absolute Gasteiger partial charge is 0.456 e. The zero-order valence-corrected chi connectivity index (χ0v) is 28.4. The minimum Gasteiger partial charge on any atom is -0.456 e. The van der Waals surface area contributed by atoms with E-state index in [1.807, 2.05) is 6.07 Å². The Bertz CT molecular complexity index is 2990. The highest BCUT2D eigenvalue weighted by Crippen LogP contribution is 2.56. The van der Waals surface area contributed by atoms with E-state index in [0.717, 1.165) is 11.2 Å². The molecule has 0 saturated heterocycles. The maximum Gasteiger partial charge on any atom is 0.136 e. The molecule has 2 heteroatoms. The summed E-state index contributed by atoms with van der Waals surface area (Å²) in [5, 5.41) is 4.95. The number of hydrogen-bond donors (Lipinski definition) is 0. The summed E-state index contributed by atoms with van der Waals surface area (Å²) in [6.07, 6.45) is 11.7. The highest BCUT2D eigenvalue weighted by atomic mass is 16.3. The average molecular weight is 652 g/mol. The quantitative estimate of drug-likeness (QED) is 0.182. The fourth-order valence-corrected chi connectivity index (χ4v) is 10.0. The van der Waals surface area contributed by atoms with E-state index in [1.165, 1.54) is 93.9 Å². The Morgan fingerprint density at radius 2 is 1.20 bits per heavy atom. The summed E-state index contributed by atoms with van der Waals surface area (Å²) in [5.74, 6) is 0.722. The molecule has 2 heterocycles. The van der Waals surface area contributed by atoms with Crippen LogP contribution in [0, 0.1) is 11.8 Å². The van der Waals surface area contributed by atoms with Crippen LogP contribution in [0.2, 0.25) is 0 Å². The number of nitrogens with zero attached hydrogens (tertiary/aromatic N) is 1. The van der Waals surface area contributed by atoms with Gasteiger partial charge in [0.25, 0.3) is 0 Å². The smallest absolute Gasteiger partial charge is 0.136 e. The Hall–Kier alpha value is -6.12. The van der Waals surface area contributed by atoms with Gasteiger partial charge in [0.15, 0.2) is 0 Å². The lowest BCUT2D eigenvalue weighted by molar-refractivity contribution is 0.658. The van der Waals surface area contributed by atoms with Crippen molar-refractivity contribution >= 4 is 60.5 Å². The molecule has 4 aliphatic carbocycles. The highest BCUT2D eigenvalue weighted by molar-refractivity contribution is 6.13. The second-order valence-electron chi connectivity index (χ2n) is 15.2. The molecule has 12 rings (SSSR count). The number of benzene rings is 6. The first-order chi connectivity index (χ1) is 25.0. The van der Waals surface area contributed by atoms with E-state index >= 15 is 0 Å². The Balaban J connectivity index is 1.01. The predicted octanol–water partition coefficient (Wildman–Crippen LogP) is 12.7. The lowest BCUT2D eigenvalue weighted by atomic mass is 9.72. The van der Waals surface area contributed by atoms with Crippen LogP contribution < -0.4 is 0 Å². The summed E-state index contributed by atoms with van der Waals surface area (Å²) in [7, 11) is 0. The van der Waals surface area contributed by atoms with Crippen LogP contribution in [0.25, 0.3) is 77.3 Å². The second kappa shape index (κ2) is 9.56. The molecule has 2 unspecified atom stereocenters. The molecule has 0 radical (unpaired) electrons. The van der Waals surface area contributed by atoms with Crippen molar-refractivity contribution in [1.29, 1.82) is 0 Å². The molecule has 2 nitrogen and oxygen atoms in total. The van der Waals surface area contributed by atoms with E-state index in [0.29, 0.717) is 11.8 Å². The molecule has 0 amide bonds. The Labute approximate surface area is 296 Å². The molecule has 51 heavy (non-hydrogen) atoms. The van der Waals surface area contributed by atoms with E-state index in [4.69, 9.17) is 4.42 Å². The van der Waals surface area contributed by atoms with Crippen molar-refractivity contribution in [3.8, 4) is 16.8 Å². The first kappa shape index (κ1) is 27.7. The Morgan fingerprint density at radius 1 is 0.529 bits per heavy atom. The van der Waals surface area contributed by atoms with Crippen LogP contribution >= 0.6 is 0 Å². The summed E-state index contributed by atoms with van der Waals surface area (Å²) < 4.78 is 8.85. The predicted molar refractivity (Wildman–Crippen MR) is 212 cm³/mol. The van der Waals surface area contributed by atoms with Crippen molar-refractivity contribution in [3.05, 3.63) is 180 Å². The molecular formula is C49H33NO. The molecule has 2 aromatic heterocycles. The van der Waals surface area contributed by atoms with E-state index in [-0.39, 0.29) is 5.41 Å². The maximum absolute atomic E-state index is 6.39. The molecule has 0 spiro atoms. The van der Waals surface area contributed by atoms with Crippen molar-refractivity contribution in [2.45, 2.75) is 19.3 Å². The zero-order chi connectivity index (χ0) is 33.6. The SMILES string of the molecule is CC1(C)c2cc3c(cc2-c2cc4c(cc21)c1ccccc1n4-c1ccc(C2=CC=C4c5ccccc5C5=CC=CC2C54)cc1)oc1ccccc13. The number of allylic oxidation sites excluding steroid dienone is 8.